The van der Waals surface area contributed by atoms with Crippen LogP contribution < -0.4 is 16.0 Å². The van der Waals surface area contributed by atoms with Crippen LogP contribution in [0, 0.1) is 5.92 Å². The highest BCUT2D eigenvalue weighted by Crippen LogP contribution is 2.37. The van der Waals surface area contributed by atoms with E-state index in [4.69, 9.17) is 5.73 Å². The minimum absolute atomic E-state index is 0.411. The molecular weight excluding hydrogens is 392 g/mol. The van der Waals surface area contributed by atoms with Crippen LogP contribution in [0.3, 0.4) is 0 Å². The Kier molecular flexibility index (Phi) is 6.65. The van der Waals surface area contributed by atoms with Crippen molar-refractivity contribution in [3.8, 4) is 0 Å². The number of pyridine rings is 1. The Morgan fingerprint density at radius 1 is 1.23 bits per heavy atom. The normalized spacial score (nSPS) is 15.9. The molecule has 1 saturated carbocycles. The van der Waals surface area contributed by atoms with Gasteiger partial charge in [-0.2, -0.15) is 0 Å². The van der Waals surface area contributed by atoms with Crippen molar-refractivity contribution in [1.29, 1.82) is 0 Å². The Morgan fingerprint density at radius 2 is 2.03 bits per heavy atom. The summed E-state index contributed by atoms with van der Waals surface area (Å²) in [7, 11) is 0. The van der Waals surface area contributed by atoms with Crippen LogP contribution in [0.15, 0.2) is 48.7 Å². The second-order valence-corrected chi connectivity index (χ2v) is 9.35. The highest BCUT2D eigenvalue weighted by molar-refractivity contribution is 7.23. The van der Waals surface area contributed by atoms with E-state index in [0.29, 0.717) is 12.6 Å². The zero-order chi connectivity index (χ0) is 20.9. The average molecular weight is 423 g/mol. The first kappa shape index (κ1) is 20.8. The fourth-order valence-corrected chi connectivity index (χ4v) is 5.55. The van der Waals surface area contributed by atoms with Gasteiger partial charge in [-0.25, -0.2) is 4.79 Å². The highest BCUT2D eigenvalue weighted by atomic mass is 32.1. The number of hydrogen-bond acceptors (Lipinski definition) is 4. The monoisotopic (exact) mass is 422 g/mol. The molecule has 0 aliphatic heterocycles. The standard InChI is InChI=1S/C24H30N4OS/c1-17(14-18-8-3-2-4-9-18)27-16-20-21(11-7-13-26-20)28(24(25)29)23-15-19-10-5-6-12-22(19)30-23/h5-7,10-13,15,17-18,27H,2-4,8-9,14,16H2,1H3,(H2,25,29). The first-order valence-corrected chi connectivity index (χ1v) is 11.7. The third-order valence-electron chi connectivity index (χ3n) is 5.99. The molecule has 0 saturated heterocycles. The molecule has 1 aliphatic rings. The molecule has 4 rings (SSSR count). The minimum atomic E-state index is -0.494. The fourth-order valence-electron chi connectivity index (χ4n) is 4.47. The number of anilines is 2. The van der Waals surface area contributed by atoms with E-state index in [1.165, 1.54) is 38.5 Å². The first-order valence-electron chi connectivity index (χ1n) is 10.9. The highest BCUT2D eigenvalue weighted by Gasteiger charge is 2.22. The molecule has 2 heterocycles. The molecule has 3 N–H and O–H groups in total. The number of primary amides is 1. The van der Waals surface area contributed by atoms with Gasteiger partial charge in [0.2, 0.25) is 0 Å². The van der Waals surface area contributed by atoms with Gasteiger partial charge in [0.1, 0.15) is 5.00 Å². The number of benzene rings is 1. The number of fused-ring (bicyclic) bond motifs is 1. The van der Waals surface area contributed by atoms with Crippen molar-refractivity contribution in [2.45, 2.75) is 58.0 Å². The number of amides is 2. The van der Waals surface area contributed by atoms with E-state index in [9.17, 15) is 4.79 Å². The Bertz CT molecular complexity index is 963. The number of nitrogens with zero attached hydrogens (tertiary/aromatic N) is 2. The second kappa shape index (κ2) is 9.58. The van der Waals surface area contributed by atoms with Gasteiger partial charge >= 0.3 is 6.03 Å². The lowest BCUT2D eigenvalue weighted by molar-refractivity contribution is 0.256. The second-order valence-electron chi connectivity index (χ2n) is 8.29. The molecule has 0 radical (unpaired) electrons. The summed E-state index contributed by atoms with van der Waals surface area (Å²) < 4.78 is 1.13. The number of rotatable bonds is 7. The summed E-state index contributed by atoms with van der Waals surface area (Å²) >= 11 is 1.56. The van der Waals surface area contributed by atoms with Crippen molar-refractivity contribution in [1.82, 2.24) is 10.3 Å². The molecule has 3 aromatic rings. The van der Waals surface area contributed by atoms with Crippen LogP contribution in [0.5, 0.6) is 0 Å². The Labute approximate surface area is 182 Å². The lowest BCUT2D eigenvalue weighted by atomic mass is 9.85. The van der Waals surface area contributed by atoms with Gasteiger partial charge in [-0.1, -0.05) is 50.3 Å². The molecule has 2 amide bonds. The maximum atomic E-state index is 12.4. The topological polar surface area (TPSA) is 71.2 Å². The number of urea groups is 1. The zero-order valence-electron chi connectivity index (χ0n) is 17.5. The van der Waals surface area contributed by atoms with Crippen LogP contribution in [-0.2, 0) is 6.54 Å². The van der Waals surface area contributed by atoms with Gasteiger partial charge in [-0.05, 0) is 48.9 Å². The van der Waals surface area contributed by atoms with E-state index in [-0.39, 0.29) is 0 Å². The number of carbonyl (C=O) groups is 1. The number of thiophene rings is 1. The Hall–Kier alpha value is -2.44. The lowest BCUT2D eigenvalue weighted by Crippen LogP contribution is -2.33. The number of nitrogens with two attached hydrogens (primary N) is 1. The molecule has 1 aliphatic carbocycles. The number of nitrogens with one attached hydrogen (secondary N) is 1. The summed E-state index contributed by atoms with van der Waals surface area (Å²) in [6, 6.07) is 13.8. The third-order valence-corrected chi connectivity index (χ3v) is 7.09. The molecule has 1 unspecified atom stereocenters. The van der Waals surface area contributed by atoms with Gasteiger partial charge in [0.15, 0.2) is 0 Å². The van der Waals surface area contributed by atoms with Crippen molar-refractivity contribution in [2.75, 3.05) is 4.90 Å². The summed E-state index contributed by atoms with van der Waals surface area (Å²) in [6.45, 7) is 2.85. The maximum absolute atomic E-state index is 12.4. The van der Waals surface area contributed by atoms with E-state index in [2.05, 4.69) is 23.3 Å². The number of aromatic nitrogens is 1. The van der Waals surface area contributed by atoms with Crippen molar-refractivity contribution in [3.63, 3.8) is 0 Å². The van der Waals surface area contributed by atoms with Crippen LogP contribution in [-0.4, -0.2) is 17.1 Å². The zero-order valence-corrected chi connectivity index (χ0v) is 18.3. The van der Waals surface area contributed by atoms with Crippen molar-refractivity contribution in [3.05, 3.63) is 54.4 Å². The molecule has 0 spiro atoms. The molecule has 2 aromatic heterocycles. The van der Waals surface area contributed by atoms with Gasteiger partial charge < -0.3 is 11.1 Å². The smallest absolute Gasteiger partial charge is 0.324 e. The molecule has 158 valence electrons. The molecule has 1 fully saturated rings. The van der Waals surface area contributed by atoms with Gasteiger partial charge in [0.05, 0.1) is 11.4 Å². The quantitative estimate of drug-likeness (QED) is 0.493. The van der Waals surface area contributed by atoms with E-state index in [0.717, 1.165) is 32.4 Å². The van der Waals surface area contributed by atoms with E-state index in [1.54, 1.807) is 22.4 Å². The lowest BCUT2D eigenvalue weighted by Gasteiger charge is -2.26. The largest absolute Gasteiger partial charge is 0.351 e. The van der Waals surface area contributed by atoms with Gasteiger partial charge in [-0.3, -0.25) is 9.88 Å². The number of hydrogen-bond donors (Lipinski definition) is 2. The van der Waals surface area contributed by atoms with Crippen molar-refractivity contribution in [2.24, 2.45) is 11.7 Å². The Balaban J connectivity index is 1.52. The summed E-state index contributed by atoms with van der Waals surface area (Å²) in [5, 5.41) is 5.54. The van der Waals surface area contributed by atoms with E-state index >= 15 is 0 Å². The van der Waals surface area contributed by atoms with Gasteiger partial charge in [0.25, 0.3) is 0 Å². The minimum Gasteiger partial charge on any atom is -0.351 e. The summed E-state index contributed by atoms with van der Waals surface area (Å²) in [5.74, 6) is 0.824. The summed E-state index contributed by atoms with van der Waals surface area (Å²) in [4.78, 5) is 18.6. The molecular formula is C24H30N4OS. The predicted molar refractivity (Wildman–Crippen MR) is 125 cm³/mol. The summed E-state index contributed by atoms with van der Waals surface area (Å²) in [6.07, 6.45) is 9.78. The SMILES string of the molecule is CC(CC1CCCCC1)NCc1ncccc1N(C(N)=O)c1cc2ccccc2s1. The average Bonchev–Trinajstić information content (AvgIpc) is 3.17. The first-order chi connectivity index (χ1) is 14.6. The fraction of sp³-hybridized carbons (Fsp3) is 0.417. The maximum Gasteiger partial charge on any atom is 0.324 e. The molecule has 1 atom stereocenters. The molecule has 6 heteroatoms. The number of carbonyl (C=O) groups excluding carboxylic acids is 1. The van der Waals surface area contributed by atoms with Crippen molar-refractivity contribution >= 4 is 38.1 Å². The van der Waals surface area contributed by atoms with Crippen LogP contribution >= 0.6 is 11.3 Å². The van der Waals surface area contributed by atoms with Gasteiger partial charge in [0, 0.05) is 23.5 Å². The van der Waals surface area contributed by atoms with Crippen LogP contribution in [0.4, 0.5) is 15.5 Å². The third kappa shape index (κ3) is 4.82. The van der Waals surface area contributed by atoms with E-state index < -0.39 is 6.03 Å². The van der Waals surface area contributed by atoms with Crippen LogP contribution in [0.1, 0.15) is 51.1 Å². The molecule has 0 bridgehead atoms. The Morgan fingerprint density at radius 3 is 2.80 bits per heavy atom. The van der Waals surface area contributed by atoms with Crippen molar-refractivity contribution < 1.29 is 4.79 Å². The molecule has 30 heavy (non-hydrogen) atoms. The molecule has 5 nitrogen and oxygen atoms in total. The molecule has 1 aromatic carbocycles. The van der Waals surface area contributed by atoms with Crippen LogP contribution in [0.2, 0.25) is 0 Å². The summed E-state index contributed by atoms with van der Waals surface area (Å²) in [5.41, 5.74) is 7.40. The predicted octanol–water partition coefficient (Wildman–Crippen LogP) is 5.96. The van der Waals surface area contributed by atoms with E-state index in [1.807, 2.05) is 36.4 Å². The van der Waals surface area contributed by atoms with Gasteiger partial charge in [-0.15, -0.1) is 11.3 Å². The van der Waals surface area contributed by atoms with Crippen LogP contribution in [0.25, 0.3) is 10.1 Å².